The minimum atomic E-state index is -3.28. The number of hydrogen-bond donors (Lipinski definition) is 1. The van der Waals surface area contributed by atoms with Gasteiger partial charge in [-0.2, -0.15) is 0 Å². The molecule has 0 unspecified atom stereocenters. The van der Waals surface area contributed by atoms with Gasteiger partial charge < -0.3 is 10.1 Å². The highest BCUT2D eigenvalue weighted by Gasteiger charge is 2.09. The van der Waals surface area contributed by atoms with E-state index in [0.717, 1.165) is 6.26 Å². The van der Waals surface area contributed by atoms with Gasteiger partial charge in [0.25, 0.3) is 5.91 Å². The number of benzene rings is 2. The molecule has 0 aliphatic heterocycles. The molecule has 2 aromatic rings. The molecule has 2 aromatic carbocycles. The van der Waals surface area contributed by atoms with Crippen molar-refractivity contribution < 1.29 is 22.3 Å². The molecular formula is C15H14FNO4S. The highest BCUT2D eigenvalue weighted by atomic mass is 32.2. The Morgan fingerprint density at radius 2 is 1.77 bits per heavy atom. The SMILES string of the molecule is CS(=O)(=O)c1ccc(NC(=O)COc2ccccc2F)cc1. The third-order valence-corrected chi connectivity index (χ3v) is 3.89. The maximum atomic E-state index is 13.3. The first-order chi connectivity index (χ1) is 10.4. The van der Waals surface area contributed by atoms with Crippen LogP contribution in [0.4, 0.5) is 10.1 Å². The average Bonchev–Trinajstić information content (AvgIpc) is 2.46. The van der Waals surface area contributed by atoms with Crippen LogP contribution in [0, 0.1) is 5.82 Å². The van der Waals surface area contributed by atoms with Gasteiger partial charge in [-0.15, -0.1) is 0 Å². The number of sulfone groups is 1. The number of nitrogens with one attached hydrogen (secondary N) is 1. The molecule has 0 bridgehead atoms. The first-order valence-corrected chi connectivity index (χ1v) is 8.23. The fourth-order valence-corrected chi connectivity index (χ4v) is 2.32. The van der Waals surface area contributed by atoms with Crippen molar-refractivity contribution in [1.29, 1.82) is 0 Å². The van der Waals surface area contributed by atoms with E-state index in [1.54, 1.807) is 6.07 Å². The van der Waals surface area contributed by atoms with E-state index in [1.165, 1.54) is 42.5 Å². The van der Waals surface area contributed by atoms with E-state index in [-0.39, 0.29) is 17.3 Å². The van der Waals surface area contributed by atoms with Crippen molar-refractivity contribution >= 4 is 21.4 Å². The molecular weight excluding hydrogens is 309 g/mol. The van der Waals surface area contributed by atoms with Crippen molar-refractivity contribution in [3.8, 4) is 5.75 Å². The molecule has 2 rings (SSSR count). The summed E-state index contributed by atoms with van der Waals surface area (Å²) in [6.45, 7) is -0.352. The zero-order chi connectivity index (χ0) is 16.2. The number of ether oxygens (including phenoxy) is 1. The maximum absolute atomic E-state index is 13.3. The van der Waals surface area contributed by atoms with E-state index in [1.807, 2.05) is 0 Å². The molecule has 7 heteroatoms. The van der Waals surface area contributed by atoms with Crippen LogP contribution in [0.3, 0.4) is 0 Å². The van der Waals surface area contributed by atoms with Crippen molar-refractivity contribution in [1.82, 2.24) is 0 Å². The maximum Gasteiger partial charge on any atom is 0.262 e. The van der Waals surface area contributed by atoms with E-state index in [2.05, 4.69) is 5.32 Å². The van der Waals surface area contributed by atoms with Gasteiger partial charge in [-0.25, -0.2) is 12.8 Å². The first kappa shape index (κ1) is 16.0. The standard InChI is InChI=1S/C15H14FNO4S/c1-22(19,20)12-8-6-11(7-9-12)17-15(18)10-21-14-5-3-2-4-13(14)16/h2-9H,10H2,1H3,(H,17,18). The second-order valence-electron chi connectivity index (χ2n) is 4.56. The summed E-state index contributed by atoms with van der Waals surface area (Å²) in [4.78, 5) is 11.9. The average molecular weight is 323 g/mol. The second-order valence-corrected chi connectivity index (χ2v) is 6.58. The Labute approximate surface area is 127 Å². The van der Waals surface area contributed by atoms with Crippen LogP contribution in [-0.4, -0.2) is 27.2 Å². The topological polar surface area (TPSA) is 72.5 Å². The second kappa shape index (κ2) is 6.57. The molecule has 0 aliphatic rings. The van der Waals surface area contributed by atoms with Crippen molar-refractivity contribution in [2.75, 3.05) is 18.2 Å². The summed E-state index contributed by atoms with van der Waals surface area (Å²) in [6.07, 6.45) is 1.10. The highest BCUT2D eigenvalue weighted by Crippen LogP contribution is 2.16. The summed E-state index contributed by atoms with van der Waals surface area (Å²) < 4.78 is 41.0. The smallest absolute Gasteiger partial charge is 0.262 e. The van der Waals surface area contributed by atoms with Crippen molar-refractivity contribution in [3.05, 3.63) is 54.3 Å². The highest BCUT2D eigenvalue weighted by molar-refractivity contribution is 7.90. The fraction of sp³-hybridized carbons (Fsp3) is 0.133. The van der Waals surface area contributed by atoms with Gasteiger partial charge in [0, 0.05) is 11.9 Å². The molecule has 0 atom stereocenters. The summed E-state index contributed by atoms with van der Waals surface area (Å²) >= 11 is 0. The lowest BCUT2D eigenvalue weighted by molar-refractivity contribution is -0.118. The zero-order valence-corrected chi connectivity index (χ0v) is 12.6. The molecule has 0 spiro atoms. The Kier molecular flexibility index (Phi) is 4.77. The fourth-order valence-electron chi connectivity index (χ4n) is 1.69. The van der Waals surface area contributed by atoms with Crippen molar-refractivity contribution in [2.24, 2.45) is 0 Å². The van der Waals surface area contributed by atoms with Crippen LogP contribution < -0.4 is 10.1 Å². The molecule has 1 N–H and O–H groups in total. The van der Waals surface area contributed by atoms with E-state index >= 15 is 0 Å². The minimum Gasteiger partial charge on any atom is -0.481 e. The molecule has 5 nitrogen and oxygen atoms in total. The molecule has 0 fully saturated rings. The monoisotopic (exact) mass is 323 g/mol. The van der Waals surface area contributed by atoms with Gasteiger partial charge in [0.1, 0.15) is 0 Å². The summed E-state index contributed by atoms with van der Waals surface area (Å²) in [5.41, 5.74) is 0.425. The van der Waals surface area contributed by atoms with Crippen LogP contribution >= 0.6 is 0 Å². The molecule has 0 heterocycles. The number of carbonyl (C=O) groups excluding carboxylic acids is 1. The van der Waals surface area contributed by atoms with Gasteiger partial charge in [0.15, 0.2) is 28.0 Å². The normalized spacial score (nSPS) is 11.0. The van der Waals surface area contributed by atoms with Crippen LogP contribution in [0.15, 0.2) is 53.4 Å². The summed E-state index contributed by atoms with van der Waals surface area (Å²) in [5.74, 6) is -1.03. The van der Waals surface area contributed by atoms with Gasteiger partial charge in [-0.1, -0.05) is 12.1 Å². The van der Waals surface area contributed by atoms with Crippen LogP contribution in [0.1, 0.15) is 0 Å². The third kappa shape index (κ3) is 4.29. The number of amides is 1. The van der Waals surface area contributed by atoms with Gasteiger partial charge in [-0.3, -0.25) is 4.79 Å². The number of hydrogen-bond acceptors (Lipinski definition) is 4. The van der Waals surface area contributed by atoms with Crippen LogP contribution in [0.2, 0.25) is 0 Å². The minimum absolute atomic E-state index is 0.00919. The lowest BCUT2D eigenvalue weighted by atomic mass is 10.3. The predicted molar refractivity (Wildman–Crippen MR) is 80.1 cm³/mol. The largest absolute Gasteiger partial charge is 0.481 e. The number of carbonyl (C=O) groups is 1. The Bertz CT molecular complexity index is 772. The molecule has 0 saturated heterocycles. The molecule has 1 amide bonds. The third-order valence-electron chi connectivity index (χ3n) is 2.76. The lowest BCUT2D eigenvalue weighted by Crippen LogP contribution is -2.20. The molecule has 22 heavy (non-hydrogen) atoms. The van der Waals surface area contributed by atoms with E-state index < -0.39 is 21.6 Å². The van der Waals surface area contributed by atoms with Crippen molar-refractivity contribution in [2.45, 2.75) is 4.90 Å². The van der Waals surface area contributed by atoms with E-state index in [4.69, 9.17) is 4.74 Å². The van der Waals surface area contributed by atoms with E-state index in [9.17, 15) is 17.6 Å². The van der Waals surface area contributed by atoms with Gasteiger partial charge in [0.2, 0.25) is 0 Å². The quantitative estimate of drug-likeness (QED) is 0.916. The molecule has 0 radical (unpaired) electrons. The first-order valence-electron chi connectivity index (χ1n) is 6.33. The van der Waals surface area contributed by atoms with Gasteiger partial charge >= 0.3 is 0 Å². The van der Waals surface area contributed by atoms with Gasteiger partial charge in [-0.05, 0) is 36.4 Å². The van der Waals surface area contributed by atoms with Gasteiger partial charge in [0.05, 0.1) is 4.90 Å². The van der Waals surface area contributed by atoms with Crippen molar-refractivity contribution in [3.63, 3.8) is 0 Å². The molecule has 0 saturated carbocycles. The number of para-hydroxylation sites is 1. The lowest BCUT2D eigenvalue weighted by Gasteiger charge is -2.08. The van der Waals surface area contributed by atoms with Crippen LogP contribution in [0.5, 0.6) is 5.75 Å². The molecule has 0 aliphatic carbocycles. The Morgan fingerprint density at radius 3 is 2.36 bits per heavy atom. The number of halogens is 1. The molecule has 0 aromatic heterocycles. The Balaban J connectivity index is 1.94. The Morgan fingerprint density at radius 1 is 1.14 bits per heavy atom. The zero-order valence-electron chi connectivity index (χ0n) is 11.7. The summed E-state index contributed by atoms with van der Waals surface area (Å²) in [6, 6.07) is 11.5. The van der Waals surface area contributed by atoms with Crippen LogP contribution in [-0.2, 0) is 14.6 Å². The number of anilines is 1. The van der Waals surface area contributed by atoms with Crippen LogP contribution in [0.25, 0.3) is 0 Å². The summed E-state index contributed by atoms with van der Waals surface area (Å²) in [5, 5.41) is 2.53. The summed E-state index contributed by atoms with van der Waals surface area (Å²) in [7, 11) is -3.28. The van der Waals surface area contributed by atoms with E-state index in [0.29, 0.717) is 5.69 Å². The number of rotatable bonds is 5. The molecule has 116 valence electrons. The predicted octanol–water partition coefficient (Wildman–Crippen LogP) is 2.25. The Hall–Kier alpha value is -2.41.